The Hall–Kier alpha value is -1.13. The number of aliphatic imine (C=N–C) groups is 1. The Morgan fingerprint density at radius 2 is 2.00 bits per heavy atom. The Bertz CT molecular complexity index is 386. The lowest BCUT2D eigenvalue weighted by Crippen LogP contribution is -2.58. The van der Waals surface area contributed by atoms with Crippen LogP contribution in [0.25, 0.3) is 0 Å². The van der Waals surface area contributed by atoms with Crippen molar-refractivity contribution >= 4 is 5.84 Å². The van der Waals surface area contributed by atoms with Gasteiger partial charge in [-0.1, -0.05) is 24.3 Å². The third-order valence-corrected chi connectivity index (χ3v) is 3.56. The molecule has 0 aromatic rings. The molecular formula is C15H26N4. The zero-order valence-corrected chi connectivity index (χ0v) is 12.3. The third-order valence-electron chi connectivity index (χ3n) is 3.56. The predicted molar refractivity (Wildman–Crippen MR) is 81.7 cm³/mol. The van der Waals surface area contributed by atoms with Crippen molar-refractivity contribution < 1.29 is 0 Å². The van der Waals surface area contributed by atoms with Crippen LogP contribution < -0.4 is 5.32 Å². The molecule has 19 heavy (non-hydrogen) atoms. The minimum atomic E-state index is 0.382. The first-order valence-corrected chi connectivity index (χ1v) is 7.09. The summed E-state index contributed by atoms with van der Waals surface area (Å²) in [4.78, 5) is 9.59. The summed E-state index contributed by atoms with van der Waals surface area (Å²) < 4.78 is 0. The van der Waals surface area contributed by atoms with E-state index >= 15 is 0 Å². The summed E-state index contributed by atoms with van der Waals surface area (Å²) in [6.45, 7) is 19.3. The van der Waals surface area contributed by atoms with Gasteiger partial charge in [0.2, 0.25) is 0 Å². The standard InChI is InChI=1S/C15H26N4/c1-12(2)9-18-7-8-19(10-13(3)4)14(11-18)15-16-5-6-17-15/h14H,1,3,5-11H2,2,4H3,(H,16,17). The smallest absolute Gasteiger partial charge is 0.115 e. The van der Waals surface area contributed by atoms with Crippen molar-refractivity contribution in [3.63, 3.8) is 0 Å². The van der Waals surface area contributed by atoms with Crippen LogP contribution in [0, 0.1) is 0 Å². The molecule has 2 heterocycles. The molecule has 1 saturated heterocycles. The topological polar surface area (TPSA) is 30.9 Å². The van der Waals surface area contributed by atoms with Gasteiger partial charge in [0.15, 0.2) is 0 Å². The van der Waals surface area contributed by atoms with E-state index in [-0.39, 0.29) is 0 Å². The van der Waals surface area contributed by atoms with E-state index in [1.165, 1.54) is 11.1 Å². The number of hydrogen-bond donors (Lipinski definition) is 1. The van der Waals surface area contributed by atoms with Crippen LogP contribution in [-0.2, 0) is 0 Å². The van der Waals surface area contributed by atoms with E-state index in [0.29, 0.717) is 6.04 Å². The zero-order chi connectivity index (χ0) is 13.8. The Morgan fingerprint density at radius 3 is 2.58 bits per heavy atom. The van der Waals surface area contributed by atoms with Crippen LogP contribution >= 0.6 is 0 Å². The van der Waals surface area contributed by atoms with E-state index in [1.807, 2.05) is 0 Å². The SMILES string of the molecule is C=C(C)CN1CCN(CC(=C)C)C(C2=NCCN2)C1. The summed E-state index contributed by atoms with van der Waals surface area (Å²) in [6.07, 6.45) is 0. The fourth-order valence-corrected chi connectivity index (χ4v) is 2.84. The van der Waals surface area contributed by atoms with Gasteiger partial charge >= 0.3 is 0 Å². The van der Waals surface area contributed by atoms with Crippen LogP contribution in [0.1, 0.15) is 13.8 Å². The van der Waals surface area contributed by atoms with Gasteiger partial charge in [-0.2, -0.15) is 0 Å². The van der Waals surface area contributed by atoms with E-state index in [2.05, 4.69) is 47.1 Å². The first kappa shape index (κ1) is 14.3. The molecule has 2 aliphatic heterocycles. The Labute approximate surface area is 116 Å². The van der Waals surface area contributed by atoms with E-state index in [4.69, 9.17) is 0 Å². The van der Waals surface area contributed by atoms with Crippen LogP contribution in [0.15, 0.2) is 29.3 Å². The molecule has 1 N–H and O–H groups in total. The van der Waals surface area contributed by atoms with Crippen LogP contribution in [0.3, 0.4) is 0 Å². The molecule has 0 aromatic carbocycles. The second-order valence-electron chi connectivity index (χ2n) is 5.83. The molecule has 0 spiro atoms. The van der Waals surface area contributed by atoms with Crippen molar-refractivity contribution in [1.82, 2.24) is 15.1 Å². The first-order valence-electron chi connectivity index (χ1n) is 7.09. The summed E-state index contributed by atoms with van der Waals surface area (Å²) in [5.74, 6) is 1.16. The highest BCUT2D eigenvalue weighted by atomic mass is 15.3. The van der Waals surface area contributed by atoms with Gasteiger partial charge in [0, 0.05) is 39.3 Å². The highest BCUT2D eigenvalue weighted by Crippen LogP contribution is 2.14. The van der Waals surface area contributed by atoms with Gasteiger partial charge in [-0.25, -0.2) is 0 Å². The number of hydrogen-bond acceptors (Lipinski definition) is 4. The van der Waals surface area contributed by atoms with Gasteiger partial charge in [-0.3, -0.25) is 14.8 Å². The number of piperazine rings is 1. The molecule has 106 valence electrons. The zero-order valence-electron chi connectivity index (χ0n) is 12.3. The average Bonchev–Trinajstić information content (AvgIpc) is 2.83. The largest absolute Gasteiger partial charge is 0.371 e. The molecule has 4 nitrogen and oxygen atoms in total. The molecule has 1 unspecified atom stereocenters. The quantitative estimate of drug-likeness (QED) is 0.754. The minimum absolute atomic E-state index is 0.382. The lowest BCUT2D eigenvalue weighted by Gasteiger charge is -2.41. The Kier molecular flexibility index (Phi) is 4.77. The molecule has 0 bridgehead atoms. The number of nitrogens with zero attached hydrogens (tertiary/aromatic N) is 3. The fourth-order valence-electron chi connectivity index (χ4n) is 2.84. The average molecular weight is 262 g/mol. The first-order chi connectivity index (χ1) is 9.06. The maximum atomic E-state index is 4.62. The van der Waals surface area contributed by atoms with Crippen molar-refractivity contribution in [3.8, 4) is 0 Å². The second kappa shape index (κ2) is 6.35. The van der Waals surface area contributed by atoms with Crippen LogP contribution in [0.2, 0.25) is 0 Å². The van der Waals surface area contributed by atoms with E-state index in [0.717, 1.165) is 51.6 Å². The third kappa shape index (κ3) is 3.91. The molecule has 0 radical (unpaired) electrons. The fraction of sp³-hybridized carbons (Fsp3) is 0.667. The summed E-state index contributed by atoms with van der Waals surface area (Å²) in [5.41, 5.74) is 2.45. The molecular weight excluding hydrogens is 236 g/mol. The summed E-state index contributed by atoms with van der Waals surface area (Å²) in [7, 11) is 0. The highest BCUT2D eigenvalue weighted by molar-refractivity contribution is 5.89. The Balaban J connectivity index is 2.04. The maximum Gasteiger partial charge on any atom is 0.115 e. The lowest BCUT2D eigenvalue weighted by molar-refractivity contribution is 0.120. The van der Waals surface area contributed by atoms with Crippen LogP contribution in [0.5, 0.6) is 0 Å². The number of amidine groups is 1. The Morgan fingerprint density at radius 1 is 1.26 bits per heavy atom. The van der Waals surface area contributed by atoms with Crippen LogP contribution in [-0.4, -0.2) is 67.5 Å². The molecule has 1 atom stereocenters. The van der Waals surface area contributed by atoms with Crippen molar-refractivity contribution in [2.45, 2.75) is 19.9 Å². The molecule has 0 amide bonds. The number of rotatable bonds is 5. The number of nitrogens with one attached hydrogen (secondary N) is 1. The van der Waals surface area contributed by atoms with Crippen molar-refractivity contribution in [3.05, 3.63) is 24.3 Å². The normalized spacial score (nSPS) is 24.9. The molecule has 0 saturated carbocycles. The van der Waals surface area contributed by atoms with Crippen molar-refractivity contribution in [2.75, 3.05) is 45.8 Å². The van der Waals surface area contributed by atoms with Gasteiger partial charge in [0.05, 0.1) is 12.6 Å². The van der Waals surface area contributed by atoms with Gasteiger partial charge < -0.3 is 5.32 Å². The maximum absolute atomic E-state index is 4.62. The monoisotopic (exact) mass is 262 g/mol. The van der Waals surface area contributed by atoms with E-state index < -0.39 is 0 Å². The van der Waals surface area contributed by atoms with E-state index in [9.17, 15) is 0 Å². The van der Waals surface area contributed by atoms with Gasteiger partial charge in [0.1, 0.15) is 5.84 Å². The van der Waals surface area contributed by atoms with Crippen LogP contribution in [0.4, 0.5) is 0 Å². The molecule has 0 aliphatic carbocycles. The summed E-state index contributed by atoms with van der Waals surface area (Å²) >= 11 is 0. The van der Waals surface area contributed by atoms with Gasteiger partial charge in [-0.05, 0) is 13.8 Å². The minimum Gasteiger partial charge on any atom is -0.371 e. The molecule has 4 heteroatoms. The highest BCUT2D eigenvalue weighted by Gasteiger charge is 2.31. The predicted octanol–water partition coefficient (Wildman–Crippen LogP) is 1.13. The van der Waals surface area contributed by atoms with Crippen molar-refractivity contribution in [2.24, 2.45) is 4.99 Å². The summed E-state index contributed by atoms with van der Waals surface area (Å²) in [6, 6.07) is 0.382. The lowest BCUT2D eigenvalue weighted by atomic mass is 10.1. The van der Waals surface area contributed by atoms with Gasteiger partial charge in [0.25, 0.3) is 0 Å². The molecule has 2 rings (SSSR count). The summed E-state index contributed by atoms with van der Waals surface area (Å²) in [5, 5.41) is 3.43. The van der Waals surface area contributed by atoms with E-state index in [1.54, 1.807) is 0 Å². The molecule has 0 aromatic heterocycles. The molecule has 1 fully saturated rings. The second-order valence-corrected chi connectivity index (χ2v) is 5.83. The van der Waals surface area contributed by atoms with Gasteiger partial charge in [-0.15, -0.1) is 0 Å². The molecule has 2 aliphatic rings. The van der Waals surface area contributed by atoms with Crippen molar-refractivity contribution in [1.29, 1.82) is 0 Å².